The van der Waals surface area contributed by atoms with E-state index in [1.165, 1.54) is 13.8 Å². The summed E-state index contributed by atoms with van der Waals surface area (Å²) in [5, 5.41) is 12.4. The van der Waals surface area contributed by atoms with Crippen LogP contribution in [-0.2, 0) is 47.7 Å². The molecule has 12 nitrogen and oxygen atoms in total. The van der Waals surface area contributed by atoms with Crippen molar-refractivity contribution in [3.05, 3.63) is 0 Å². The lowest BCUT2D eigenvalue weighted by Gasteiger charge is -2.27. The van der Waals surface area contributed by atoms with E-state index in [2.05, 4.69) is 10.1 Å². The minimum absolute atomic E-state index is 0.0102. The molecule has 2 N–H and O–H groups in total. The zero-order valence-electron chi connectivity index (χ0n) is 25.2. The second-order valence-electron chi connectivity index (χ2n) is 10.9. The molecule has 6 atom stereocenters. The molecule has 0 saturated heterocycles. The molecule has 0 aromatic carbocycles. The first-order valence-corrected chi connectivity index (χ1v) is 13.7. The molecule has 2 unspecified atom stereocenters. The largest absolute Gasteiger partial charge is 0.469 e. The smallest absolute Gasteiger partial charge is 0.347 e. The van der Waals surface area contributed by atoms with Crippen LogP contribution in [0, 0.1) is 17.8 Å². The fraction of sp³-hybridized carbons (Fsp3) is 0.786. The van der Waals surface area contributed by atoms with Gasteiger partial charge in [0.15, 0.2) is 24.1 Å². The van der Waals surface area contributed by atoms with Gasteiger partial charge in [-0.2, -0.15) is 0 Å². The van der Waals surface area contributed by atoms with Gasteiger partial charge in [-0.15, -0.1) is 0 Å². The van der Waals surface area contributed by atoms with Crippen LogP contribution in [0.5, 0.6) is 0 Å². The molecule has 0 rings (SSSR count). The average Bonchev–Trinajstić information content (AvgIpc) is 2.84. The van der Waals surface area contributed by atoms with Crippen molar-refractivity contribution in [2.45, 2.75) is 118 Å². The highest BCUT2D eigenvalue weighted by atomic mass is 16.6. The number of esters is 4. The summed E-state index contributed by atoms with van der Waals surface area (Å²) >= 11 is 0. The predicted octanol–water partition coefficient (Wildman–Crippen LogP) is 2.27. The summed E-state index contributed by atoms with van der Waals surface area (Å²) < 4.78 is 20.1. The molecule has 0 saturated carbocycles. The summed E-state index contributed by atoms with van der Waals surface area (Å²) in [5.41, 5.74) is 0. The van der Waals surface area contributed by atoms with Gasteiger partial charge in [0.25, 0.3) is 5.91 Å². The van der Waals surface area contributed by atoms with Gasteiger partial charge in [0.2, 0.25) is 0 Å². The van der Waals surface area contributed by atoms with Crippen LogP contribution in [0.25, 0.3) is 0 Å². The molecule has 0 aliphatic carbocycles. The molecule has 0 heterocycles. The Morgan fingerprint density at radius 2 is 1.35 bits per heavy atom. The van der Waals surface area contributed by atoms with Crippen molar-refractivity contribution < 1.29 is 52.8 Å². The van der Waals surface area contributed by atoms with Crippen molar-refractivity contribution in [3.8, 4) is 0 Å². The lowest BCUT2D eigenvalue weighted by atomic mass is 9.96. The van der Waals surface area contributed by atoms with E-state index in [0.29, 0.717) is 6.42 Å². The number of hydrogen-bond donors (Lipinski definition) is 2. The molecule has 1 amide bonds. The third kappa shape index (κ3) is 14.4. The Morgan fingerprint density at radius 1 is 0.775 bits per heavy atom. The normalized spacial score (nSPS) is 15.7. The topological polar surface area (TPSA) is 172 Å². The Bertz CT molecular complexity index is 870. The molecular formula is C28H47NO11. The summed E-state index contributed by atoms with van der Waals surface area (Å²) in [4.78, 5) is 74.3. The summed E-state index contributed by atoms with van der Waals surface area (Å²) in [5.74, 6) is -5.03. The van der Waals surface area contributed by atoms with Crippen molar-refractivity contribution in [3.63, 3.8) is 0 Å². The molecule has 40 heavy (non-hydrogen) atoms. The molecule has 0 fully saturated rings. The molecule has 12 heteroatoms. The van der Waals surface area contributed by atoms with Crippen LogP contribution in [-0.4, -0.2) is 78.2 Å². The number of ketones is 1. The number of aliphatic hydroxyl groups is 1. The molecule has 0 aromatic heterocycles. The number of carbonyl (C=O) groups is 6. The second kappa shape index (κ2) is 18.4. The summed E-state index contributed by atoms with van der Waals surface area (Å²) in [6.07, 6.45) is -4.86. The number of hydrogen-bond acceptors (Lipinski definition) is 11. The van der Waals surface area contributed by atoms with E-state index in [9.17, 15) is 33.9 Å². The zero-order chi connectivity index (χ0) is 31.2. The van der Waals surface area contributed by atoms with E-state index in [0.717, 1.165) is 7.11 Å². The highest BCUT2D eigenvalue weighted by molar-refractivity contribution is 6.00. The van der Waals surface area contributed by atoms with E-state index in [1.54, 1.807) is 13.8 Å². The molecule has 0 aliphatic heterocycles. The van der Waals surface area contributed by atoms with Gasteiger partial charge in [-0.3, -0.25) is 19.2 Å². The van der Waals surface area contributed by atoms with Crippen LogP contribution >= 0.6 is 0 Å². The van der Waals surface area contributed by atoms with Gasteiger partial charge in [0, 0.05) is 5.92 Å². The van der Waals surface area contributed by atoms with E-state index in [4.69, 9.17) is 14.2 Å². The van der Waals surface area contributed by atoms with Crippen LogP contribution in [0.2, 0.25) is 0 Å². The van der Waals surface area contributed by atoms with Crippen molar-refractivity contribution >= 4 is 35.6 Å². The lowest BCUT2D eigenvalue weighted by Crippen LogP contribution is -2.50. The predicted molar refractivity (Wildman–Crippen MR) is 144 cm³/mol. The third-order valence-corrected chi connectivity index (χ3v) is 6.00. The van der Waals surface area contributed by atoms with Gasteiger partial charge in [-0.05, 0) is 44.9 Å². The van der Waals surface area contributed by atoms with Crippen LogP contribution in [0.3, 0.4) is 0 Å². The van der Waals surface area contributed by atoms with Crippen LogP contribution in [0.4, 0.5) is 0 Å². The number of rotatable bonds is 18. The van der Waals surface area contributed by atoms with Crippen molar-refractivity contribution in [2.24, 2.45) is 17.8 Å². The van der Waals surface area contributed by atoms with Crippen LogP contribution in [0.1, 0.15) is 87.5 Å². The average molecular weight is 574 g/mol. The van der Waals surface area contributed by atoms with Gasteiger partial charge >= 0.3 is 23.9 Å². The number of Topliss-reactive ketones (excluding diaryl/α,β-unsaturated/α-hetero) is 1. The first-order valence-electron chi connectivity index (χ1n) is 13.7. The summed E-state index contributed by atoms with van der Waals surface area (Å²) in [6.45, 7) is 13.6. The van der Waals surface area contributed by atoms with E-state index >= 15 is 0 Å². The van der Waals surface area contributed by atoms with Gasteiger partial charge < -0.3 is 29.4 Å². The molecule has 0 radical (unpaired) electrons. The standard InChI is InChI=1S/C28H47NO11/c1-10-17(6)25(26(34)29-20(11-15(2)3)21(30)14-23(32)37-9)40-27(35)19(8)39-24(33)13-18(7)38-28(36)22(31)12-16(4)5/h15-20,22,25,31H,10-14H2,1-9H3,(H,29,34)/t17?,18-,19+,20?,22+,25+/m1/s1. The van der Waals surface area contributed by atoms with Gasteiger partial charge in [-0.1, -0.05) is 41.5 Å². The van der Waals surface area contributed by atoms with Crippen molar-refractivity contribution in [1.29, 1.82) is 0 Å². The molecule has 0 aliphatic rings. The van der Waals surface area contributed by atoms with Gasteiger partial charge in [0.05, 0.1) is 19.6 Å². The fourth-order valence-electron chi connectivity index (χ4n) is 3.59. The third-order valence-electron chi connectivity index (χ3n) is 6.00. The minimum Gasteiger partial charge on any atom is -0.469 e. The Labute approximate surface area is 236 Å². The Kier molecular flexibility index (Phi) is 17.0. The van der Waals surface area contributed by atoms with Gasteiger partial charge in [0.1, 0.15) is 12.5 Å². The first kappa shape index (κ1) is 37.0. The monoisotopic (exact) mass is 573 g/mol. The maximum atomic E-state index is 13.1. The Balaban J connectivity index is 5.25. The number of methoxy groups -OCH3 is 1. The highest BCUT2D eigenvalue weighted by Crippen LogP contribution is 2.16. The minimum atomic E-state index is -1.38. The number of nitrogens with one attached hydrogen (secondary N) is 1. The maximum absolute atomic E-state index is 13.1. The summed E-state index contributed by atoms with van der Waals surface area (Å²) in [7, 11) is 1.16. The Hall–Kier alpha value is -3.02. The van der Waals surface area contributed by atoms with E-state index in [1.807, 2.05) is 27.7 Å². The van der Waals surface area contributed by atoms with Crippen molar-refractivity contribution in [1.82, 2.24) is 5.32 Å². The molecule has 0 bridgehead atoms. The molecule has 0 aromatic rings. The van der Waals surface area contributed by atoms with Crippen LogP contribution in [0.15, 0.2) is 0 Å². The molecular weight excluding hydrogens is 526 g/mol. The highest BCUT2D eigenvalue weighted by Gasteiger charge is 2.34. The lowest BCUT2D eigenvalue weighted by molar-refractivity contribution is -0.176. The number of amides is 1. The number of aliphatic hydroxyl groups excluding tert-OH is 1. The first-order chi connectivity index (χ1) is 18.5. The number of ether oxygens (including phenoxy) is 4. The van der Waals surface area contributed by atoms with E-state index in [-0.39, 0.29) is 31.1 Å². The van der Waals surface area contributed by atoms with Crippen molar-refractivity contribution in [2.75, 3.05) is 7.11 Å². The fourth-order valence-corrected chi connectivity index (χ4v) is 3.59. The summed E-state index contributed by atoms with van der Waals surface area (Å²) in [6, 6.07) is -0.990. The van der Waals surface area contributed by atoms with E-state index < -0.39 is 78.4 Å². The second-order valence-corrected chi connectivity index (χ2v) is 10.9. The van der Waals surface area contributed by atoms with Gasteiger partial charge in [-0.25, -0.2) is 9.59 Å². The maximum Gasteiger partial charge on any atom is 0.347 e. The molecule has 0 spiro atoms. The Morgan fingerprint density at radius 3 is 1.85 bits per heavy atom. The van der Waals surface area contributed by atoms with Crippen LogP contribution < -0.4 is 5.32 Å². The quantitative estimate of drug-likeness (QED) is 0.140. The zero-order valence-corrected chi connectivity index (χ0v) is 25.2. The SMILES string of the molecule is CCC(C)[C@H](OC(=O)[C@H](C)OC(=O)C[C@@H](C)OC(=O)[C@@H](O)CC(C)C)C(=O)NC(CC(C)C)C(=O)CC(=O)OC. The number of carbonyl (C=O) groups excluding carboxylic acids is 6. The molecule has 230 valence electrons.